The van der Waals surface area contributed by atoms with Crippen LogP contribution in [0.1, 0.15) is 20.8 Å². The maximum absolute atomic E-state index is 10.4. The van der Waals surface area contributed by atoms with E-state index in [0.717, 1.165) is 0 Å². The molecule has 0 aliphatic rings. The molecule has 0 aromatic heterocycles. The fourth-order valence-electron chi connectivity index (χ4n) is 0.633. The van der Waals surface area contributed by atoms with Gasteiger partial charge in [0.1, 0.15) is 6.10 Å². The summed E-state index contributed by atoms with van der Waals surface area (Å²) >= 11 is 0. The number of esters is 1. The van der Waals surface area contributed by atoms with E-state index >= 15 is 0 Å². The second-order valence-electron chi connectivity index (χ2n) is 2.23. The fourth-order valence-corrected chi connectivity index (χ4v) is 0.633. The van der Waals surface area contributed by atoms with Gasteiger partial charge >= 0.3 is 39.9 Å². The van der Waals surface area contributed by atoms with Crippen molar-refractivity contribution in [2.75, 3.05) is 0 Å². The van der Waals surface area contributed by atoms with E-state index in [0.29, 0.717) is 0 Å². The molecule has 0 fully saturated rings. The van der Waals surface area contributed by atoms with Crippen LogP contribution in [0.4, 0.5) is 0 Å². The number of ether oxygens (including phenoxy) is 1. The first-order valence-corrected chi connectivity index (χ1v) is 4.24. The standard InChI is InChI=1S/C9H14O2.3CO.Fe/c1-4-5-6-7-8(2)11-9(3)10;3*1-2;/h4-8H,1-3H3;;;;/b5-4+,7-6+;;;;. The summed E-state index contributed by atoms with van der Waals surface area (Å²) in [6, 6.07) is 0. The Bertz CT molecular complexity index is 262. The van der Waals surface area contributed by atoms with Gasteiger partial charge in [-0.15, -0.1) is 0 Å². The van der Waals surface area contributed by atoms with E-state index in [4.69, 9.17) is 18.7 Å². The van der Waals surface area contributed by atoms with E-state index in [9.17, 15) is 4.79 Å². The average molecular weight is 294 g/mol. The maximum Gasteiger partial charge on any atom is 0 e. The van der Waals surface area contributed by atoms with Gasteiger partial charge in [-0.2, -0.15) is 0 Å². The van der Waals surface area contributed by atoms with Crippen molar-refractivity contribution in [3.8, 4) is 0 Å². The number of hydrogen-bond donors (Lipinski definition) is 0. The summed E-state index contributed by atoms with van der Waals surface area (Å²) in [5.41, 5.74) is 0. The molecular weight excluding hydrogens is 280 g/mol. The van der Waals surface area contributed by atoms with E-state index in [1.165, 1.54) is 6.92 Å². The van der Waals surface area contributed by atoms with Gasteiger partial charge in [0.15, 0.2) is 0 Å². The Morgan fingerprint density at radius 3 is 1.78 bits per heavy atom. The van der Waals surface area contributed by atoms with Crippen molar-refractivity contribution in [3.63, 3.8) is 0 Å². The molecule has 0 aliphatic heterocycles. The molecule has 6 heteroatoms. The number of rotatable bonds is 3. The summed E-state index contributed by atoms with van der Waals surface area (Å²) in [6.45, 7) is 18.7. The summed E-state index contributed by atoms with van der Waals surface area (Å²) in [7, 11) is 0. The van der Waals surface area contributed by atoms with Gasteiger partial charge in [0.2, 0.25) is 0 Å². The quantitative estimate of drug-likeness (QED) is 0.262. The predicted molar refractivity (Wildman–Crippen MR) is 57.0 cm³/mol. The molecule has 0 heterocycles. The summed E-state index contributed by atoms with van der Waals surface area (Å²) in [5.74, 6) is -0.248. The second-order valence-corrected chi connectivity index (χ2v) is 2.23. The first-order chi connectivity index (χ1) is 8.16. The Hall–Kier alpha value is -1.31. The largest absolute Gasteiger partial charge is 0 e. The monoisotopic (exact) mass is 294 g/mol. The van der Waals surface area contributed by atoms with Gasteiger partial charge in [0, 0.05) is 24.0 Å². The van der Waals surface area contributed by atoms with Crippen LogP contribution < -0.4 is 0 Å². The van der Waals surface area contributed by atoms with Crippen LogP contribution in [-0.4, -0.2) is 12.1 Å². The minimum absolute atomic E-state index is 0. The molecule has 1 atom stereocenters. The fraction of sp³-hybridized carbons (Fsp3) is 0.333. The van der Waals surface area contributed by atoms with Crippen molar-refractivity contribution < 1.29 is 40.6 Å². The molecular formula is C12H14FeO5. The molecule has 0 aromatic carbocycles. The molecule has 0 saturated carbocycles. The summed E-state index contributed by atoms with van der Waals surface area (Å²) < 4.78 is 27.3. The van der Waals surface area contributed by atoms with Gasteiger partial charge in [0.25, 0.3) is 0 Å². The Morgan fingerprint density at radius 1 is 1.11 bits per heavy atom. The molecule has 0 N–H and O–H groups in total. The van der Waals surface area contributed by atoms with Crippen LogP contribution in [-0.2, 0) is 40.6 Å². The molecule has 0 spiro atoms. The summed E-state index contributed by atoms with van der Waals surface area (Å²) in [5, 5.41) is 0. The number of carbonyl (C=O) groups excluding carboxylic acids is 1. The van der Waals surface area contributed by atoms with E-state index in [1.807, 2.05) is 38.2 Å². The molecule has 0 rings (SSSR count). The normalized spacial score (nSPS) is 8.94. The van der Waals surface area contributed by atoms with Gasteiger partial charge in [0.05, 0.1) is 0 Å². The second kappa shape index (κ2) is 36.1. The van der Waals surface area contributed by atoms with Gasteiger partial charge in [-0.05, 0) is 19.9 Å². The minimum atomic E-state index is -0.248. The molecule has 0 bridgehead atoms. The molecule has 5 nitrogen and oxygen atoms in total. The first kappa shape index (κ1) is 30.1. The van der Waals surface area contributed by atoms with Crippen molar-refractivity contribution in [1.82, 2.24) is 0 Å². The molecule has 0 aromatic rings. The molecule has 0 saturated heterocycles. The molecule has 1 unspecified atom stereocenters. The van der Waals surface area contributed by atoms with Gasteiger partial charge in [-0.25, -0.2) is 0 Å². The Labute approximate surface area is 118 Å². The zero-order valence-corrected chi connectivity index (χ0v) is 11.4. The van der Waals surface area contributed by atoms with Crippen LogP contribution in [0.25, 0.3) is 0 Å². The van der Waals surface area contributed by atoms with E-state index in [1.54, 1.807) is 0 Å². The van der Waals surface area contributed by atoms with Crippen LogP contribution >= 0.6 is 0 Å². The van der Waals surface area contributed by atoms with E-state index in [-0.39, 0.29) is 29.1 Å². The maximum atomic E-state index is 10.4. The van der Waals surface area contributed by atoms with Crippen molar-refractivity contribution >= 4 is 5.97 Å². The van der Waals surface area contributed by atoms with E-state index < -0.39 is 0 Å². The Balaban J connectivity index is -0.0000000700. The van der Waals surface area contributed by atoms with Crippen LogP contribution in [0.2, 0.25) is 0 Å². The van der Waals surface area contributed by atoms with Crippen molar-refractivity contribution in [1.29, 1.82) is 0 Å². The third kappa shape index (κ3) is 46.6. The molecule has 0 radical (unpaired) electrons. The van der Waals surface area contributed by atoms with Crippen LogP contribution in [0.15, 0.2) is 24.3 Å². The summed E-state index contributed by atoms with van der Waals surface area (Å²) in [4.78, 5) is 10.4. The number of carbonyl (C=O) groups is 1. The van der Waals surface area contributed by atoms with Crippen LogP contribution in [0.3, 0.4) is 0 Å². The SMILES string of the molecule is C/C=C/C=C/C(C)OC(C)=O.[C-]#[O+].[C-]#[O+].[C-]#[O+].[Fe]. The zero-order valence-electron chi connectivity index (χ0n) is 10.3. The van der Waals surface area contributed by atoms with Gasteiger partial charge < -0.3 is 4.74 Å². The third-order valence-electron chi connectivity index (χ3n) is 1.04. The van der Waals surface area contributed by atoms with Crippen LogP contribution in [0.5, 0.6) is 0 Å². The molecule has 0 aliphatic carbocycles. The number of allylic oxidation sites excluding steroid dienone is 3. The first-order valence-electron chi connectivity index (χ1n) is 4.24. The van der Waals surface area contributed by atoms with Gasteiger partial charge in [-0.1, -0.05) is 18.2 Å². The smallest absolute Gasteiger partial charge is 0 e. The van der Waals surface area contributed by atoms with E-state index in [2.05, 4.69) is 20.0 Å². The minimum Gasteiger partial charge on any atom is 0 e. The molecule has 0 amide bonds. The third-order valence-corrected chi connectivity index (χ3v) is 1.04. The number of hydrogen-bond acceptors (Lipinski definition) is 2. The summed E-state index contributed by atoms with van der Waals surface area (Å²) in [6.07, 6.45) is 7.34. The molecule has 18 heavy (non-hydrogen) atoms. The average Bonchev–Trinajstić information content (AvgIpc) is 2.36. The topological polar surface area (TPSA) is 86.0 Å². The molecule has 100 valence electrons. The zero-order chi connectivity index (χ0) is 14.7. The van der Waals surface area contributed by atoms with Crippen molar-refractivity contribution in [2.45, 2.75) is 26.9 Å². The van der Waals surface area contributed by atoms with Crippen molar-refractivity contribution in [2.24, 2.45) is 0 Å². The van der Waals surface area contributed by atoms with Crippen molar-refractivity contribution in [3.05, 3.63) is 44.3 Å². The Morgan fingerprint density at radius 2 is 1.50 bits per heavy atom. The van der Waals surface area contributed by atoms with Gasteiger partial charge in [-0.3, -0.25) is 4.79 Å². The van der Waals surface area contributed by atoms with Crippen LogP contribution in [0, 0.1) is 20.0 Å². The Kier molecular flexibility index (Phi) is 60.2. The predicted octanol–water partition coefficient (Wildman–Crippen LogP) is 1.96.